The first-order valence-corrected chi connectivity index (χ1v) is 9.30. The Morgan fingerprint density at radius 1 is 1.15 bits per heavy atom. The van der Waals surface area contributed by atoms with Crippen molar-refractivity contribution in [2.75, 3.05) is 4.72 Å². The molecule has 11 heteroatoms. The van der Waals surface area contributed by atoms with Gasteiger partial charge >= 0.3 is 6.18 Å². The normalized spacial score (nSPS) is 12.2. The molecule has 0 radical (unpaired) electrons. The molecule has 1 aromatic carbocycles. The minimum Gasteiger partial charge on any atom is -0.276 e. The predicted molar refractivity (Wildman–Crippen MR) is 91.8 cm³/mol. The highest BCUT2D eigenvalue weighted by Crippen LogP contribution is 2.34. The molecule has 3 aromatic rings. The van der Waals surface area contributed by atoms with Crippen LogP contribution in [-0.4, -0.2) is 23.6 Å². The zero-order valence-corrected chi connectivity index (χ0v) is 15.2. The summed E-state index contributed by atoms with van der Waals surface area (Å²) in [6.07, 6.45) is -1.95. The lowest BCUT2D eigenvalue weighted by Crippen LogP contribution is -2.15. The summed E-state index contributed by atoms with van der Waals surface area (Å²) in [7, 11) is -4.29. The van der Waals surface area contributed by atoms with Crippen molar-refractivity contribution < 1.29 is 21.6 Å². The lowest BCUT2D eigenvalue weighted by atomic mass is 10.2. The van der Waals surface area contributed by atoms with Gasteiger partial charge in [0, 0.05) is 10.7 Å². The molecule has 3 rings (SSSR count). The van der Waals surface area contributed by atoms with Crippen LogP contribution in [0, 0.1) is 0 Å². The molecule has 0 amide bonds. The third kappa shape index (κ3) is 3.88. The van der Waals surface area contributed by atoms with E-state index in [1.54, 1.807) is 18.2 Å². The Hall–Kier alpha value is -2.40. The molecule has 2 heterocycles. The average Bonchev–Trinajstić information content (AvgIpc) is 3.01. The van der Waals surface area contributed by atoms with Crippen molar-refractivity contribution in [1.29, 1.82) is 0 Å². The molecule has 0 bridgehead atoms. The van der Waals surface area contributed by atoms with Gasteiger partial charge in [0.15, 0.2) is 0 Å². The van der Waals surface area contributed by atoms with E-state index in [9.17, 15) is 21.6 Å². The number of anilines is 1. The maximum atomic E-state index is 12.9. The number of rotatable bonds is 4. The van der Waals surface area contributed by atoms with Crippen LogP contribution < -0.4 is 4.72 Å². The Kier molecular flexibility index (Phi) is 4.76. The number of alkyl halides is 3. The molecule has 0 unspecified atom stereocenters. The van der Waals surface area contributed by atoms with Crippen molar-refractivity contribution in [1.82, 2.24) is 15.2 Å². The first kappa shape index (κ1) is 18.4. The molecule has 0 atom stereocenters. The molecule has 0 aliphatic rings. The van der Waals surface area contributed by atoms with Crippen molar-refractivity contribution in [2.45, 2.75) is 11.1 Å². The Labute approximate surface area is 154 Å². The van der Waals surface area contributed by atoms with Crippen LogP contribution in [0.2, 0.25) is 0 Å². The fourth-order valence-electron chi connectivity index (χ4n) is 2.15. The predicted octanol–water partition coefficient (Wildman–Crippen LogP) is 4.05. The lowest BCUT2D eigenvalue weighted by molar-refractivity contribution is -0.137. The quantitative estimate of drug-likeness (QED) is 0.632. The highest BCUT2D eigenvalue weighted by Gasteiger charge is 2.32. The maximum Gasteiger partial charge on any atom is 0.416 e. The van der Waals surface area contributed by atoms with Crippen LogP contribution in [-0.2, 0) is 16.2 Å². The van der Waals surface area contributed by atoms with Crippen molar-refractivity contribution in [3.8, 4) is 11.4 Å². The van der Waals surface area contributed by atoms with Gasteiger partial charge < -0.3 is 0 Å². The second-order valence-electron chi connectivity index (χ2n) is 5.15. The number of H-pyrrole nitrogens is 1. The molecule has 136 valence electrons. The SMILES string of the molecule is O=S(=O)(Nc1cn[nH]c1-c1ccccn1)c1cc(Br)cc(C(F)(F)F)c1. The molecule has 0 spiro atoms. The van der Waals surface area contributed by atoms with Crippen LogP contribution in [0.1, 0.15) is 5.56 Å². The molecule has 26 heavy (non-hydrogen) atoms. The smallest absolute Gasteiger partial charge is 0.276 e. The lowest BCUT2D eigenvalue weighted by Gasteiger charge is -2.12. The van der Waals surface area contributed by atoms with Crippen LogP contribution in [0.15, 0.2) is 58.2 Å². The highest BCUT2D eigenvalue weighted by atomic mass is 79.9. The number of aromatic nitrogens is 3. The van der Waals surface area contributed by atoms with E-state index >= 15 is 0 Å². The van der Waals surface area contributed by atoms with E-state index in [2.05, 4.69) is 35.8 Å². The third-order valence-electron chi connectivity index (χ3n) is 3.31. The number of benzene rings is 1. The number of aromatic amines is 1. The molecular formula is C15H10BrF3N4O2S. The fraction of sp³-hybridized carbons (Fsp3) is 0.0667. The van der Waals surface area contributed by atoms with E-state index in [-0.39, 0.29) is 10.2 Å². The minimum atomic E-state index is -4.68. The highest BCUT2D eigenvalue weighted by molar-refractivity contribution is 9.10. The molecule has 2 N–H and O–H groups in total. The Morgan fingerprint density at radius 3 is 2.58 bits per heavy atom. The zero-order chi connectivity index (χ0) is 18.9. The van der Waals surface area contributed by atoms with E-state index in [1.165, 1.54) is 12.4 Å². The summed E-state index contributed by atoms with van der Waals surface area (Å²) in [5.41, 5.74) is -0.297. The van der Waals surface area contributed by atoms with Gasteiger partial charge in [0.05, 0.1) is 28.0 Å². The number of hydrogen-bond acceptors (Lipinski definition) is 4. The van der Waals surface area contributed by atoms with Crippen molar-refractivity contribution in [3.05, 3.63) is 58.8 Å². The molecule has 0 fully saturated rings. The third-order valence-corrected chi connectivity index (χ3v) is 5.12. The van der Waals surface area contributed by atoms with Crippen LogP contribution in [0.3, 0.4) is 0 Å². The van der Waals surface area contributed by atoms with Gasteiger partial charge in [-0.3, -0.25) is 14.8 Å². The van der Waals surface area contributed by atoms with E-state index in [4.69, 9.17) is 0 Å². The van der Waals surface area contributed by atoms with Crippen LogP contribution in [0.25, 0.3) is 11.4 Å². The van der Waals surface area contributed by atoms with Gasteiger partial charge in [-0.15, -0.1) is 0 Å². The standard InChI is InChI=1S/C15H10BrF3N4O2S/c16-10-5-9(15(17,18)19)6-11(7-10)26(24,25)23-13-8-21-22-14(13)12-3-1-2-4-20-12/h1-8,23H,(H,21,22). The Bertz CT molecular complexity index is 1040. The van der Waals surface area contributed by atoms with Crippen LogP contribution >= 0.6 is 15.9 Å². The van der Waals surface area contributed by atoms with E-state index in [0.717, 1.165) is 12.1 Å². The molecular weight excluding hydrogens is 437 g/mol. The monoisotopic (exact) mass is 446 g/mol. The van der Waals surface area contributed by atoms with Crippen molar-refractivity contribution in [3.63, 3.8) is 0 Å². The first-order chi connectivity index (χ1) is 12.2. The van der Waals surface area contributed by atoms with Crippen molar-refractivity contribution in [2.24, 2.45) is 0 Å². The molecule has 0 aliphatic carbocycles. The van der Waals surface area contributed by atoms with Gasteiger partial charge in [-0.1, -0.05) is 22.0 Å². The van der Waals surface area contributed by atoms with Gasteiger partial charge in [0.2, 0.25) is 0 Å². The van der Waals surface area contributed by atoms with Gasteiger partial charge in [-0.05, 0) is 30.3 Å². The molecule has 0 saturated heterocycles. The summed E-state index contributed by atoms with van der Waals surface area (Å²) < 4.78 is 66.2. The number of halogens is 4. The Balaban J connectivity index is 1.99. The molecule has 6 nitrogen and oxygen atoms in total. The van der Waals surface area contributed by atoms with E-state index < -0.39 is 26.7 Å². The number of nitrogens with one attached hydrogen (secondary N) is 2. The average molecular weight is 447 g/mol. The number of pyridine rings is 1. The summed E-state index contributed by atoms with van der Waals surface area (Å²) >= 11 is 2.91. The van der Waals surface area contributed by atoms with Gasteiger partial charge in [0.25, 0.3) is 10.0 Å². The minimum absolute atomic E-state index is 0.00940. The Morgan fingerprint density at radius 2 is 1.92 bits per heavy atom. The van der Waals surface area contributed by atoms with Gasteiger partial charge in [-0.2, -0.15) is 18.3 Å². The van der Waals surface area contributed by atoms with E-state index in [1.807, 2.05) is 0 Å². The summed E-state index contributed by atoms with van der Waals surface area (Å²) in [6, 6.07) is 7.46. The number of sulfonamides is 1. The largest absolute Gasteiger partial charge is 0.416 e. The summed E-state index contributed by atoms with van der Waals surface area (Å²) in [5, 5.41) is 6.38. The summed E-state index contributed by atoms with van der Waals surface area (Å²) in [6.45, 7) is 0. The fourth-order valence-corrected chi connectivity index (χ4v) is 3.93. The van der Waals surface area contributed by atoms with Crippen LogP contribution in [0.5, 0.6) is 0 Å². The molecule has 0 aliphatic heterocycles. The topological polar surface area (TPSA) is 87.7 Å². The molecule has 0 saturated carbocycles. The van der Waals surface area contributed by atoms with Gasteiger partial charge in [0.1, 0.15) is 5.69 Å². The second kappa shape index (κ2) is 6.72. The number of hydrogen-bond donors (Lipinski definition) is 2. The van der Waals surface area contributed by atoms with E-state index in [0.29, 0.717) is 17.5 Å². The van der Waals surface area contributed by atoms with Crippen molar-refractivity contribution >= 4 is 31.6 Å². The number of nitrogens with zero attached hydrogens (tertiary/aromatic N) is 2. The van der Waals surface area contributed by atoms with Gasteiger partial charge in [-0.25, -0.2) is 8.42 Å². The zero-order valence-electron chi connectivity index (χ0n) is 12.7. The maximum absolute atomic E-state index is 12.9. The second-order valence-corrected chi connectivity index (χ2v) is 7.75. The first-order valence-electron chi connectivity index (χ1n) is 7.02. The molecule has 2 aromatic heterocycles. The summed E-state index contributed by atoms with van der Waals surface area (Å²) in [5.74, 6) is 0. The van der Waals surface area contributed by atoms with Crippen LogP contribution in [0.4, 0.5) is 18.9 Å². The summed E-state index contributed by atoms with van der Waals surface area (Å²) in [4.78, 5) is 3.55.